The van der Waals surface area contributed by atoms with Gasteiger partial charge in [0.05, 0.1) is 31.7 Å². The van der Waals surface area contributed by atoms with Crippen LogP contribution in [0.2, 0.25) is 5.02 Å². The lowest BCUT2D eigenvalue weighted by atomic mass is 10.2. The second-order valence-corrected chi connectivity index (χ2v) is 6.42. The van der Waals surface area contributed by atoms with E-state index in [1.54, 1.807) is 30.3 Å². The Labute approximate surface area is 141 Å². The summed E-state index contributed by atoms with van der Waals surface area (Å²) in [5.41, 5.74) is 0.510. The second-order valence-electron chi connectivity index (χ2n) is 4.56. The van der Waals surface area contributed by atoms with Gasteiger partial charge < -0.3 is 10.6 Å². The summed E-state index contributed by atoms with van der Waals surface area (Å²) >= 11 is 5.93. The maximum Gasteiger partial charge on any atom is 0.252 e. The Bertz CT molecular complexity index is 793. The third kappa shape index (κ3) is 3.60. The first-order valence-corrected chi connectivity index (χ1v) is 8.27. The molecule has 1 atom stereocenters. The van der Waals surface area contributed by atoms with Crippen molar-refractivity contribution in [2.24, 2.45) is 0 Å². The van der Waals surface area contributed by atoms with Crippen LogP contribution in [-0.4, -0.2) is 30.1 Å². The van der Waals surface area contributed by atoms with E-state index in [2.05, 4.69) is 10.6 Å². The van der Waals surface area contributed by atoms with Gasteiger partial charge >= 0.3 is 0 Å². The van der Waals surface area contributed by atoms with Crippen molar-refractivity contribution >= 4 is 34.2 Å². The molecule has 23 heavy (non-hydrogen) atoms. The smallest absolute Gasteiger partial charge is 0.252 e. The highest BCUT2D eigenvalue weighted by Crippen LogP contribution is 2.25. The van der Waals surface area contributed by atoms with Crippen LogP contribution < -0.4 is 10.6 Å². The van der Waals surface area contributed by atoms with Crippen molar-refractivity contribution in [2.75, 3.05) is 14.1 Å². The Morgan fingerprint density at radius 1 is 0.913 bits per heavy atom. The quantitative estimate of drug-likeness (QED) is 0.887. The fourth-order valence-corrected chi connectivity index (χ4v) is 3.56. The fraction of sp³-hybridized carbons (Fsp3) is 0.125. The highest BCUT2D eigenvalue weighted by Gasteiger charge is 2.21. The van der Waals surface area contributed by atoms with Gasteiger partial charge in [0, 0.05) is 19.1 Å². The van der Waals surface area contributed by atoms with E-state index >= 15 is 0 Å². The van der Waals surface area contributed by atoms with Gasteiger partial charge in [0.1, 0.15) is 0 Å². The summed E-state index contributed by atoms with van der Waals surface area (Å²) < 4.78 is 12.9. The van der Waals surface area contributed by atoms with Gasteiger partial charge in [-0.1, -0.05) is 23.7 Å². The van der Waals surface area contributed by atoms with Gasteiger partial charge in [0.15, 0.2) is 0 Å². The summed E-state index contributed by atoms with van der Waals surface area (Å²) in [6, 6.07) is 11.1. The Hall–Kier alpha value is -2.18. The Morgan fingerprint density at radius 3 is 2.13 bits per heavy atom. The zero-order valence-corrected chi connectivity index (χ0v) is 14.1. The van der Waals surface area contributed by atoms with Gasteiger partial charge in [0.2, 0.25) is 0 Å². The molecule has 0 bridgehead atoms. The topological polar surface area (TPSA) is 75.3 Å². The van der Waals surface area contributed by atoms with Crippen molar-refractivity contribution < 1.29 is 13.8 Å². The molecule has 2 rings (SSSR count). The number of benzene rings is 2. The summed E-state index contributed by atoms with van der Waals surface area (Å²) in [6.07, 6.45) is 0. The monoisotopic (exact) mass is 350 g/mol. The first kappa shape index (κ1) is 17.2. The van der Waals surface area contributed by atoms with Crippen molar-refractivity contribution in [2.45, 2.75) is 9.79 Å². The van der Waals surface area contributed by atoms with E-state index in [0.29, 0.717) is 20.4 Å². The molecule has 0 saturated heterocycles. The molecule has 1 unspecified atom stereocenters. The van der Waals surface area contributed by atoms with Crippen LogP contribution in [0, 0.1) is 0 Å². The van der Waals surface area contributed by atoms with Crippen LogP contribution >= 0.6 is 11.6 Å². The number of halogens is 1. The molecule has 0 aliphatic carbocycles. The van der Waals surface area contributed by atoms with E-state index in [9.17, 15) is 13.8 Å². The third-order valence-electron chi connectivity index (χ3n) is 3.17. The molecule has 2 aromatic carbocycles. The predicted octanol–water partition coefficient (Wildman–Crippen LogP) is 2.23. The number of carbonyl (C=O) groups is 2. The minimum absolute atomic E-state index is 0.213. The normalized spacial score (nSPS) is 11.6. The molecule has 0 aliphatic heterocycles. The van der Waals surface area contributed by atoms with Gasteiger partial charge in [0.25, 0.3) is 11.8 Å². The Balaban J connectivity index is 2.59. The Kier molecular flexibility index (Phi) is 5.52. The molecular formula is C16H15ClN2O3S. The SMILES string of the molecule is CNC(=O)c1ccccc1S(=O)c1ccc(Cl)cc1C(=O)NC. The molecule has 0 radical (unpaired) electrons. The molecule has 0 spiro atoms. The van der Waals surface area contributed by atoms with Crippen molar-refractivity contribution in [1.82, 2.24) is 10.6 Å². The van der Waals surface area contributed by atoms with Crippen LogP contribution in [0.3, 0.4) is 0 Å². The molecule has 0 fully saturated rings. The summed E-state index contributed by atoms with van der Waals surface area (Å²) in [4.78, 5) is 24.6. The summed E-state index contributed by atoms with van der Waals surface area (Å²) in [5, 5.41) is 5.37. The summed E-state index contributed by atoms with van der Waals surface area (Å²) in [7, 11) is 1.28. The summed E-state index contributed by atoms with van der Waals surface area (Å²) in [5.74, 6) is -0.738. The molecule has 5 nitrogen and oxygen atoms in total. The number of hydrogen-bond donors (Lipinski definition) is 2. The van der Waals surface area contributed by atoms with Gasteiger partial charge in [-0.2, -0.15) is 0 Å². The van der Waals surface area contributed by atoms with E-state index in [0.717, 1.165) is 0 Å². The first-order valence-electron chi connectivity index (χ1n) is 6.74. The molecule has 2 aromatic rings. The van der Waals surface area contributed by atoms with Crippen LogP contribution in [0.5, 0.6) is 0 Å². The third-order valence-corrected chi connectivity index (χ3v) is 4.92. The standard InChI is InChI=1S/C16H15ClN2O3S/c1-18-15(20)11-5-3-4-6-13(11)23(22)14-8-7-10(17)9-12(14)16(21)19-2/h3-9H,1-2H3,(H,18,20)(H,19,21). The van der Waals surface area contributed by atoms with E-state index in [4.69, 9.17) is 11.6 Å². The lowest BCUT2D eigenvalue weighted by Crippen LogP contribution is -2.22. The Morgan fingerprint density at radius 2 is 1.48 bits per heavy atom. The van der Waals surface area contributed by atoms with Crippen LogP contribution in [0.15, 0.2) is 52.3 Å². The molecule has 2 N–H and O–H groups in total. The molecule has 120 valence electrons. The molecule has 7 heteroatoms. The zero-order chi connectivity index (χ0) is 17.0. The van der Waals surface area contributed by atoms with Crippen LogP contribution in [-0.2, 0) is 10.8 Å². The van der Waals surface area contributed by atoms with Crippen molar-refractivity contribution in [3.63, 3.8) is 0 Å². The molecular weight excluding hydrogens is 336 g/mol. The van der Waals surface area contributed by atoms with Crippen LogP contribution in [0.25, 0.3) is 0 Å². The lowest BCUT2D eigenvalue weighted by molar-refractivity contribution is 0.0953. The zero-order valence-electron chi connectivity index (χ0n) is 12.6. The van der Waals surface area contributed by atoms with Gasteiger partial charge in [-0.05, 0) is 30.3 Å². The van der Waals surface area contributed by atoms with E-state index in [1.165, 1.54) is 26.2 Å². The van der Waals surface area contributed by atoms with Crippen LogP contribution in [0.4, 0.5) is 0 Å². The minimum Gasteiger partial charge on any atom is -0.355 e. The van der Waals surface area contributed by atoms with Gasteiger partial charge in [-0.25, -0.2) is 4.21 Å². The predicted molar refractivity (Wildman–Crippen MR) is 89.3 cm³/mol. The van der Waals surface area contributed by atoms with Crippen molar-refractivity contribution in [3.05, 3.63) is 58.6 Å². The highest BCUT2D eigenvalue weighted by atomic mass is 35.5. The lowest BCUT2D eigenvalue weighted by Gasteiger charge is -2.11. The highest BCUT2D eigenvalue weighted by molar-refractivity contribution is 7.85. The van der Waals surface area contributed by atoms with Crippen molar-refractivity contribution in [3.8, 4) is 0 Å². The average molecular weight is 351 g/mol. The second kappa shape index (κ2) is 7.39. The molecule has 0 aromatic heterocycles. The number of hydrogen-bond acceptors (Lipinski definition) is 3. The maximum atomic E-state index is 12.9. The largest absolute Gasteiger partial charge is 0.355 e. The van der Waals surface area contributed by atoms with Crippen LogP contribution in [0.1, 0.15) is 20.7 Å². The van der Waals surface area contributed by atoms with E-state index in [-0.39, 0.29) is 11.5 Å². The number of amides is 2. The minimum atomic E-state index is -1.70. The molecule has 0 saturated carbocycles. The number of carbonyl (C=O) groups excluding carboxylic acids is 2. The number of nitrogens with one attached hydrogen (secondary N) is 2. The first-order chi connectivity index (χ1) is 11.0. The van der Waals surface area contributed by atoms with E-state index in [1.807, 2.05) is 0 Å². The fourth-order valence-electron chi connectivity index (χ4n) is 2.05. The van der Waals surface area contributed by atoms with Gasteiger partial charge in [-0.15, -0.1) is 0 Å². The number of rotatable bonds is 4. The molecule has 0 heterocycles. The van der Waals surface area contributed by atoms with Gasteiger partial charge in [-0.3, -0.25) is 9.59 Å². The van der Waals surface area contributed by atoms with Crippen molar-refractivity contribution in [1.29, 1.82) is 0 Å². The summed E-state index contributed by atoms with van der Waals surface area (Å²) in [6.45, 7) is 0. The molecule has 2 amide bonds. The molecule has 0 aliphatic rings. The average Bonchev–Trinajstić information content (AvgIpc) is 2.59. The van der Waals surface area contributed by atoms with E-state index < -0.39 is 16.7 Å². The maximum absolute atomic E-state index is 12.9.